The van der Waals surface area contributed by atoms with Gasteiger partial charge in [0.1, 0.15) is 6.10 Å². The average Bonchev–Trinajstić information content (AvgIpc) is 2.79. The number of aliphatic hydroxyl groups is 1. The first kappa shape index (κ1) is 13.1. The molecule has 2 heterocycles. The monoisotopic (exact) mass is 249 g/mol. The van der Waals surface area contributed by atoms with Gasteiger partial charge in [-0.2, -0.15) is 10.4 Å². The molecule has 0 radical (unpaired) electrons. The van der Waals surface area contributed by atoms with Crippen molar-refractivity contribution < 1.29 is 9.84 Å². The molecule has 0 saturated carbocycles. The Hall–Kier alpha value is -1.38. The number of hydrogen-bond acceptors (Lipinski definition) is 4. The highest BCUT2D eigenvalue weighted by atomic mass is 16.5. The van der Waals surface area contributed by atoms with Crippen LogP contribution in [-0.4, -0.2) is 28.1 Å². The highest BCUT2D eigenvalue weighted by Gasteiger charge is 2.42. The predicted octanol–water partition coefficient (Wildman–Crippen LogP) is 1.34. The molecular formula is C13H19N3O2. The zero-order valence-electron chi connectivity index (χ0n) is 10.9. The zero-order chi connectivity index (χ0) is 13.2. The summed E-state index contributed by atoms with van der Waals surface area (Å²) >= 11 is 0. The maximum Gasteiger partial charge on any atom is 0.101 e. The first-order chi connectivity index (χ1) is 8.63. The molecule has 1 N–H and O–H groups in total. The standard InChI is InChI=1S/C13H19N3O2/c1-3-11-10(8-16(2)15-11)12(17)13(9-14)4-6-18-7-5-13/h8,12,17H,3-7H2,1-2H3. The Bertz CT molecular complexity index is 455. The zero-order valence-corrected chi connectivity index (χ0v) is 10.9. The molecule has 5 nitrogen and oxygen atoms in total. The minimum atomic E-state index is -0.782. The fraction of sp³-hybridized carbons (Fsp3) is 0.692. The van der Waals surface area contributed by atoms with Crippen molar-refractivity contribution in [1.29, 1.82) is 5.26 Å². The predicted molar refractivity (Wildman–Crippen MR) is 65.6 cm³/mol. The number of rotatable bonds is 3. The summed E-state index contributed by atoms with van der Waals surface area (Å²) < 4.78 is 6.99. The van der Waals surface area contributed by atoms with E-state index in [-0.39, 0.29) is 0 Å². The van der Waals surface area contributed by atoms with Gasteiger partial charge in [0.05, 0.1) is 17.2 Å². The highest BCUT2D eigenvalue weighted by Crippen LogP contribution is 2.42. The molecule has 1 saturated heterocycles. The molecule has 1 atom stereocenters. The molecule has 1 fully saturated rings. The second-order valence-corrected chi connectivity index (χ2v) is 4.84. The van der Waals surface area contributed by atoms with Gasteiger partial charge in [-0.3, -0.25) is 4.68 Å². The van der Waals surface area contributed by atoms with Crippen LogP contribution in [-0.2, 0) is 18.2 Å². The van der Waals surface area contributed by atoms with E-state index in [2.05, 4.69) is 11.2 Å². The molecule has 0 amide bonds. The topological polar surface area (TPSA) is 71.1 Å². The van der Waals surface area contributed by atoms with Crippen LogP contribution in [0.5, 0.6) is 0 Å². The van der Waals surface area contributed by atoms with Gasteiger partial charge < -0.3 is 9.84 Å². The Morgan fingerprint density at radius 3 is 2.83 bits per heavy atom. The van der Waals surface area contributed by atoms with Gasteiger partial charge in [-0.05, 0) is 19.3 Å². The summed E-state index contributed by atoms with van der Waals surface area (Å²) in [7, 11) is 1.83. The minimum absolute atomic E-state index is 0.534. The van der Waals surface area contributed by atoms with Crippen molar-refractivity contribution in [3.8, 4) is 6.07 Å². The molecule has 98 valence electrons. The van der Waals surface area contributed by atoms with Crippen LogP contribution in [0, 0.1) is 16.7 Å². The van der Waals surface area contributed by atoms with E-state index in [9.17, 15) is 10.4 Å². The molecule has 2 rings (SSSR count). The molecule has 0 aromatic carbocycles. The van der Waals surface area contributed by atoms with Gasteiger partial charge in [0, 0.05) is 32.0 Å². The molecule has 5 heteroatoms. The summed E-state index contributed by atoms with van der Waals surface area (Å²) in [6.07, 6.45) is 2.93. The summed E-state index contributed by atoms with van der Waals surface area (Å²) in [5, 5.41) is 24.4. The molecule has 18 heavy (non-hydrogen) atoms. The van der Waals surface area contributed by atoms with E-state index < -0.39 is 11.5 Å². The van der Waals surface area contributed by atoms with Gasteiger partial charge in [-0.25, -0.2) is 0 Å². The molecule has 1 unspecified atom stereocenters. The van der Waals surface area contributed by atoms with Crippen molar-refractivity contribution in [2.75, 3.05) is 13.2 Å². The third kappa shape index (κ3) is 2.14. The highest BCUT2D eigenvalue weighted by molar-refractivity contribution is 5.25. The van der Waals surface area contributed by atoms with Crippen molar-refractivity contribution in [3.63, 3.8) is 0 Å². The quantitative estimate of drug-likeness (QED) is 0.877. The van der Waals surface area contributed by atoms with Crippen molar-refractivity contribution in [2.45, 2.75) is 32.3 Å². The fourth-order valence-electron chi connectivity index (χ4n) is 2.54. The maximum absolute atomic E-state index is 10.6. The molecule has 1 aliphatic heterocycles. The normalized spacial score (nSPS) is 20.3. The Labute approximate surface area is 107 Å². The van der Waals surface area contributed by atoms with Gasteiger partial charge in [-0.1, -0.05) is 6.92 Å². The molecule has 1 aliphatic rings. The molecule has 0 aliphatic carbocycles. The van der Waals surface area contributed by atoms with Crippen molar-refractivity contribution >= 4 is 0 Å². The lowest BCUT2D eigenvalue weighted by Crippen LogP contribution is -2.34. The number of ether oxygens (including phenoxy) is 1. The number of nitriles is 1. The minimum Gasteiger partial charge on any atom is -0.387 e. The van der Waals surface area contributed by atoms with Gasteiger partial charge in [-0.15, -0.1) is 0 Å². The van der Waals surface area contributed by atoms with E-state index in [1.54, 1.807) is 4.68 Å². The van der Waals surface area contributed by atoms with Crippen LogP contribution in [0.3, 0.4) is 0 Å². The van der Waals surface area contributed by atoms with Crippen LogP contribution in [0.2, 0.25) is 0 Å². The fourth-order valence-corrected chi connectivity index (χ4v) is 2.54. The number of aryl methyl sites for hydroxylation is 2. The van der Waals surface area contributed by atoms with Gasteiger partial charge in [0.15, 0.2) is 0 Å². The molecule has 1 aromatic rings. The Morgan fingerprint density at radius 1 is 1.61 bits per heavy atom. The van der Waals surface area contributed by atoms with E-state index in [1.807, 2.05) is 20.2 Å². The molecule has 0 spiro atoms. The lowest BCUT2D eigenvalue weighted by molar-refractivity contribution is -0.0313. The number of aromatic nitrogens is 2. The van der Waals surface area contributed by atoms with Crippen LogP contribution in [0.1, 0.15) is 37.1 Å². The second-order valence-electron chi connectivity index (χ2n) is 4.84. The Morgan fingerprint density at radius 2 is 2.28 bits per heavy atom. The molecule has 1 aromatic heterocycles. The lowest BCUT2D eigenvalue weighted by Gasteiger charge is -2.34. The SMILES string of the molecule is CCc1nn(C)cc1C(O)C1(C#N)CCOCC1. The Balaban J connectivity index is 2.33. The van der Waals surface area contributed by atoms with Crippen LogP contribution in [0.15, 0.2) is 6.20 Å². The third-order valence-electron chi connectivity index (χ3n) is 3.70. The summed E-state index contributed by atoms with van der Waals surface area (Å²) in [6, 6.07) is 2.31. The number of hydrogen-bond donors (Lipinski definition) is 1. The number of aliphatic hydroxyl groups excluding tert-OH is 1. The second kappa shape index (κ2) is 5.09. The van der Waals surface area contributed by atoms with E-state index in [0.29, 0.717) is 26.1 Å². The summed E-state index contributed by atoms with van der Waals surface area (Å²) in [4.78, 5) is 0. The van der Waals surface area contributed by atoms with Gasteiger partial charge in [0.25, 0.3) is 0 Å². The van der Waals surface area contributed by atoms with Gasteiger partial charge >= 0.3 is 0 Å². The van der Waals surface area contributed by atoms with Crippen molar-refractivity contribution in [2.24, 2.45) is 12.5 Å². The Kier molecular flexibility index (Phi) is 3.69. The largest absolute Gasteiger partial charge is 0.387 e. The first-order valence-electron chi connectivity index (χ1n) is 6.32. The average molecular weight is 249 g/mol. The third-order valence-corrected chi connectivity index (χ3v) is 3.70. The van der Waals surface area contributed by atoms with E-state index in [4.69, 9.17) is 4.74 Å². The van der Waals surface area contributed by atoms with E-state index in [1.165, 1.54) is 0 Å². The van der Waals surface area contributed by atoms with Crippen molar-refractivity contribution in [1.82, 2.24) is 9.78 Å². The summed E-state index contributed by atoms with van der Waals surface area (Å²) in [5.41, 5.74) is 0.917. The first-order valence-corrected chi connectivity index (χ1v) is 6.32. The molecule has 0 bridgehead atoms. The van der Waals surface area contributed by atoms with Crippen molar-refractivity contribution in [3.05, 3.63) is 17.5 Å². The number of nitrogens with zero attached hydrogens (tertiary/aromatic N) is 3. The molecular weight excluding hydrogens is 230 g/mol. The summed E-state index contributed by atoms with van der Waals surface area (Å²) in [5.74, 6) is 0. The van der Waals surface area contributed by atoms with E-state index >= 15 is 0 Å². The van der Waals surface area contributed by atoms with Crippen LogP contribution in [0.4, 0.5) is 0 Å². The smallest absolute Gasteiger partial charge is 0.101 e. The lowest BCUT2D eigenvalue weighted by atomic mass is 9.74. The van der Waals surface area contributed by atoms with Crippen LogP contribution >= 0.6 is 0 Å². The van der Waals surface area contributed by atoms with Crippen LogP contribution < -0.4 is 0 Å². The maximum atomic E-state index is 10.6. The van der Waals surface area contributed by atoms with Gasteiger partial charge in [0.2, 0.25) is 0 Å². The van der Waals surface area contributed by atoms with E-state index in [0.717, 1.165) is 17.7 Å². The van der Waals surface area contributed by atoms with Crippen LogP contribution in [0.25, 0.3) is 0 Å². The summed E-state index contributed by atoms with van der Waals surface area (Å²) in [6.45, 7) is 3.07.